The highest BCUT2D eigenvalue weighted by atomic mass is 35.5. The summed E-state index contributed by atoms with van der Waals surface area (Å²) in [4.78, 5) is 9.17. The molecule has 36 heavy (non-hydrogen) atoms. The molecule has 3 aliphatic rings. The van der Waals surface area contributed by atoms with Gasteiger partial charge in [-0.25, -0.2) is 13.8 Å². The van der Waals surface area contributed by atoms with Crippen molar-refractivity contribution in [1.82, 2.24) is 9.97 Å². The third kappa shape index (κ3) is 3.86. The topological polar surface area (TPSA) is 113 Å². The van der Waals surface area contributed by atoms with Gasteiger partial charge in [0.05, 0.1) is 48.2 Å². The molecule has 3 aliphatic heterocycles. The third-order valence-corrected chi connectivity index (χ3v) is 6.98. The smallest absolute Gasteiger partial charge is 0.212 e. The zero-order valence-corrected chi connectivity index (χ0v) is 19.6. The van der Waals surface area contributed by atoms with Crippen molar-refractivity contribution in [2.45, 2.75) is 24.4 Å². The Balaban J connectivity index is 1.36. The summed E-state index contributed by atoms with van der Waals surface area (Å²) < 4.78 is 52.8. The van der Waals surface area contributed by atoms with Crippen LogP contribution in [-0.4, -0.2) is 79.0 Å². The molecule has 12 heteroatoms. The van der Waals surface area contributed by atoms with Crippen LogP contribution in [0.15, 0.2) is 18.2 Å². The van der Waals surface area contributed by atoms with Crippen molar-refractivity contribution < 1.29 is 32.8 Å². The minimum atomic E-state index is -0.818. The van der Waals surface area contributed by atoms with Crippen LogP contribution in [0.2, 0.25) is 5.02 Å². The SMILES string of the molecule is N#Cc1c(O[C@@H]2CO[C@H]3[C@@H]2OC[C@H]3O)[nH]c2cc(Cl)c(-c3c(F)cc(N4CCOCC4)cc3F)nc12. The molecule has 1 aromatic carbocycles. The fraction of sp³-hybridized carbons (Fsp3) is 0.417. The molecule has 4 atom stereocenters. The van der Waals surface area contributed by atoms with E-state index in [1.807, 2.05) is 11.0 Å². The summed E-state index contributed by atoms with van der Waals surface area (Å²) in [5.41, 5.74) is 0.471. The van der Waals surface area contributed by atoms with Gasteiger partial charge in [0, 0.05) is 18.8 Å². The lowest BCUT2D eigenvalue weighted by Crippen LogP contribution is -2.36. The first-order chi connectivity index (χ1) is 17.4. The average molecular weight is 519 g/mol. The number of ether oxygens (including phenoxy) is 4. The van der Waals surface area contributed by atoms with Gasteiger partial charge in [-0.2, -0.15) is 5.26 Å². The Labute approximate surface area is 209 Å². The van der Waals surface area contributed by atoms with Crippen LogP contribution >= 0.6 is 11.6 Å². The normalized spacial score (nSPS) is 25.8. The molecule has 0 saturated carbocycles. The molecular formula is C24H21ClF2N4O5. The maximum Gasteiger partial charge on any atom is 0.212 e. The lowest BCUT2D eigenvalue weighted by Gasteiger charge is -2.29. The number of fused-ring (bicyclic) bond motifs is 2. The summed E-state index contributed by atoms with van der Waals surface area (Å²) in [7, 11) is 0. The van der Waals surface area contributed by atoms with E-state index in [2.05, 4.69) is 9.97 Å². The minimum Gasteiger partial charge on any atom is -0.469 e. The van der Waals surface area contributed by atoms with Crippen LogP contribution in [-0.2, 0) is 14.2 Å². The van der Waals surface area contributed by atoms with Gasteiger partial charge in [0.1, 0.15) is 47.1 Å². The van der Waals surface area contributed by atoms with Crippen LogP contribution < -0.4 is 9.64 Å². The molecule has 3 aromatic rings. The van der Waals surface area contributed by atoms with Gasteiger partial charge < -0.3 is 33.9 Å². The Morgan fingerprint density at radius 1 is 1.14 bits per heavy atom. The van der Waals surface area contributed by atoms with Gasteiger partial charge in [0.2, 0.25) is 5.88 Å². The number of pyridine rings is 1. The molecule has 6 rings (SSSR count). The summed E-state index contributed by atoms with van der Waals surface area (Å²) in [6, 6.07) is 5.98. The van der Waals surface area contributed by atoms with Crippen LogP contribution in [0, 0.1) is 23.0 Å². The van der Waals surface area contributed by atoms with Gasteiger partial charge in [-0.15, -0.1) is 0 Å². The number of hydrogen-bond donors (Lipinski definition) is 2. The van der Waals surface area contributed by atoms with Crippen LogP contribution in [0.5, 0.6) is 5.88 Å². The Morgan fingerprint density at radius 2 is 1.86 bits per heavy atom. The van der Waals surface area contributed by atoms with Crippen molar-refractivity contribution in [1.29, 1.82) is 5.26 Å². The van der Waals surface area contributed by atoms with E-state index in [1.54, 1.807) is 0 Å². The van der Waals surface area contributed by atoms with Gasteiger partial charge in [0.25, 0.3) is 0 Å². The third-order valence-electron chi connectivity index (χ3n) is 6.69. The summed E-state index contributed by atoms with van der Waals surface area (Å²) in [6.07, 6.45) is -2.30. The van der Waals surface area contributed by atoms with Crippen molar-refractivity contribution in [3.05, 3.63) is 40.4 Å². The molecule has 2 N–H and O–H groups in total. The summed E-state index contributed by atoms with van der Waals surface area (Å²) in [5.74, 6) is -1.53. The number of aliphatic hydroxyl groups excluding tert-OH is 1. The quantitative estimate of drug-likeness (QED) is 0.542. The number of aromatic amines is 1. The maximum absolute atomic E-state index is 15.2. The van der Waals surface area contributed by atoms with Gasteiger partial charge >= 0.3 is 0 Å². The van der Waals surface area contributed by atoms with Gasteiger partial charge in [-0.3, -0.25) is 0 Å². The molecule has 188 valence electrons. The largest absolute Gasteiger partial charge is 0.469 e. The van der Waals surface area contributed by atoms with E-state index in [4.69, 9.17) is 30.5 Å². The van der Waals surface area contributed by atoms with E-state index in [0.717, 1.165) is 0 Å². The second-order valence-electron chi connectivity index (χ2n) is 8.86. The average Bonchev–Trinajstić information content (AvgIpc) is 3.54. The number of aromatic nitrogens is 2. The molecule has 0 radical (unpaired) electrons. The molecule has 3 fully saturated rings. The number of rotatable bonds is 4. The van der Waals surface area contributed by atoms with Crippen LogP contribution in [0.1, 0.15) is 5.56 Å². The molecule has 0 unspecified atom stereocenters. The number of anilines is 1. The van der Waals surface area contributed by atoms with Crippen molar-refractivity contribution in [3.8, 4) is 23.2 Å². The fourth-order valence-corrected chi connectivity index (χ4v) is 5.17. The van der Waals surface area contributed by atoms with E-state index in [9.17, 15) is 10.4 Å². The molecule has 0 bridgehead atoms. The number of morpholine rings is 1. The monoisotopic (exact) mass is 518 g/mol. The van der Waals surface area contributed by atoms with Gasteiger partial charge in [-0.05, 0) is 18.2 Å². The minimum absolute atomic E-state index is 0.00299. The lowest BCUT2D eigenvalue weighted by molar-refractivity contribution is 0.00789. The Morgan fingerprint density at radius 3 is 2.58 bits per heavy atom. The van der Waals surface area contributed by atoms with Crippen molar-refractivity contribution >= 4 is 28.3 Å². The number of H-pyrrole nitrogens is 1. The Bertz CT molecular complexity index is 1350. The number of benzene rings is 1. The summed E-state index contributed by atoms with van der Waals surface area (Å²) in [5, 5.41) is 19.8. The van der Waals surface area contributed by atoms with Crippen molar-refractivity contribution in [2.24, 2.45) is 0 Å². The van der Waals surface area contributed by atoms with E-state index >= 15 is 8.78 Å². The number of nitrogens with zero attached hydrogens (tertiary/aromatic N) is 3. The van der Waals surface area contributed by atoms with Crippen LogP contribution in [0.25, 0.3) is 22.3 Å². The highest BCUT2D eigenvalue weighted by molar-refractivity contribution is 6.33. The van der Waals surface area contributed by atoms with Gasteiger partial charge in [0.15, 0.2) is 6.10 Å². The molecular weight excluding hydrogens is 498 g/mol. The first-order valence-electron chi connectivity index (χ1n) is 11.5. The van der Waals surface area contributed by atoms with Crippen LogP contribution in [0.4, 0.5) is 14.5 Å². The Kier molecular flexibility index (Phi) is 5.94. The summed E-state index contributed by atoms with van der Waals surface area (Å²) in [6.45, 7) is 2.31. The maximum atomic E-state index is 15.2. The van der Waals surface area contributed by atoms with Crippen molar-refractivity contribution in [3.63, 3.8) is 0 Å². The summed E-state index contributed by atoms with van der Waals surface area (Å²) >= 11 is 6.40. The van der Waals surface area contributed by atoms with Gasteiger partial charge in [-0.1, -0.05) is 11.6 Å². The zero-order chi connectivity index (χ0) is 25.0. The van der Waals surface area contributed by atoms with E-state index < -0.39 is 36.1 Å². The molecule has 0 spiro atoms. The standard InChI is InChI=1S/C24H21ClF2N4O5/c25-13-7-16-20(12(8-28)24(29-16)36-18-10-35-22-17(32)9-34-23(18)22)30-21(13)19-14(26)5-11(6-15(19)27)31-1-3-33-4-2-31/h5-7,17-18,22-23,29,32H,1-4,9-10H2/t17-,18-,22-,23-/m1/s1. The highest BCUT2D eigenvalue weighted by Crippen LogP contribution is 2.38. The zero-order valence-electron chi connectivity index (χ0n) is 18.8. The number of nitrogens with one attached hydrogen (secondary N) is 1. The fourth-order valence-electron chi connectivity index (χ4n) is 4.92. The van der Waals surface area contributed by atoms with E-state index in [0.29, 0.717) is 37.5 Å². The number of nitriles is 1. The lowest BCUT2D eigenvalue weighted by atomic mass is 10.1. The molecule has 2 aromatic heterocycles. The predicted octanol–water partition coefficient (Wildman–Crippen LogP) is 2.78. The molecule has 3 saturated heterocycles. The van der Waals surface area contributed by atoms with E-state index in [-0.39, 0.29) is 46.5 Å². The highest BCUT2D eigenvalue weighted by Gasteiger charge is 2.48. The number of halogens is 3. The number of aliphatic hydroxyl groups is 1. The van der Waals surface area contributed by atoms with Crippen molar-refractivity contribution in [2.75, 3.05) is 44.4 Å². The second kappa shape index (κ2) is 9.14. The Hall–Kier alpha value is -3.01. The first-order valence-corrected chi connectivity index (χ1v) is 11.8. The molecule has 0 amide bonds. The molecule has 0 aliphatic carbocycles. The molecule has 9 nitrogen and oxygen atoms in total. The van der Waals surface area contributed by atoms with E-state index in [1.165, 1.54) is 18.2 Å². The second-order valence-corrected chi connectivity index (χ2v) is 9.27. The predicted molar refractivity (Wildman–Crippen MR) is 124 cm³/mol. The first kappa shape index (κ1) is 23.4. The number of hydrogen-bond acceptors (Lipinski definition) is 8. The molecule has 5 heterocycles. The van der Waals surface area contributed by atoms with Crippen LogP contribution in [0.3, 0.4) is 0 Å².